The van der Waals surface area contributed by atoms with Gasteiger partial charge in [0.25, 0.3) is 0 Å². The second-order valence-electron chi connectivity index (χ2n) is 5.11. The summed E-state index contributed by atoms with van der Waals surface area (Å²) in [4.78, 5) is 2.48. The second kappa shape index (κ2) is 5.38. The van der Waals surface area contributed by atoms with E-state index >= 15 is 0 Å². The van der Waals surface area contributed by atoms with E-state index in [1.807, 2.05) is 18.2 Å². The predicted octanol–water partition coefficient (Wildman–Crippen LogP) is 2.90. The molecule has 1 aliphatic rings. The molecule has 3 unspecified atom stereocenters. The average Bonchev–Trinajstić information content (AvgIpc) is 2.32. The first-order valence-electron chi connectivity index (χ1n) is 6.32. The highest BCUT2D eigenvalue weighted by Crippen LogP contribution is 2.25. The van der Waals surface area contributed by atoms with Gasteiger partial charge in [0, 0.05) is 30.2 Å². The van der Waals surface area contributed by atoms with Gasteiger partial charge in [0.1, 0.15) is 0 Å². The number of rotatable bonds is 2. The lowest BCUT2D eigenvalue weighted by molar-refractivity contribution is 0.0910. The van der Waals surface area contributed by atoms with E-state index in [4.69, 9.17) is 17.3 Å². The molecule has 1 heterocycles. The lowest BCUT2D eigenvalue weighted by atomic mass is 9.87. The highest BCUT2D eigenvalue weighted by molar-refractivity contribution is 6.31. The topological polar surface area (TPSA) is 29.3 Å². The van der Waals surface area contributed by atoms with Gasteiger partial charge in [0.05, 0.1) is 0 Å². The van der Waals surface area contributed by atoms with E-state index in [9.17, 15) is 0 Å². The molecule has 1 fully saturated rings. The molecule has 2 N–H and O–H groups in total. The Hall–Kier alpha value is -0.570. The number of piperidine rings is 1. The first-order chi connectivity index (χ1) is 8.09. The molecule has 0 aromatic heterocycles. The number of likely N-dealkylation sites (tertiary alicyclic amines) is 1. The number of benzene rings is 1. The molecule has 0 radical (unpaired) electrons. The number of nitrogens with two attached hydrogens (primary N) is 1. The van der Waals surface area contributed by atoms with Gasteiger partial charge in [-0.2, -0.15) is 0 Å². The maximum Gasteiger partial charge on any atom is 0.0451 e. The minimum Gasteiger partial charge on any atom is -0.327 e. The van der Waals surface area contributed by atoms with Gasteiger partial charge < -0.3 is 5.73 Å². The van der Waals surface area contributed by atoms with Crippen molar-refractivity contribution in [2.24, 2.45) is 11.7 Å². The van der Waals surface area contributed by atoms with Gasteiger partial charge >= 0.3 is 0 Å². The van der Waals surface area contributed by atoms with E-state index < -0.39 is 0 Å². The zero-order valence-corrected chi connectivity index (χ0v) is 11.3. The van der Waals surface area contributed by atoms with Crippen LogP contribution in [0, 0.1) is 5.92 Å². The smallest absolute Gasteiger partial charge is 0.0451 e. The summed E-state index contributed by atoms with van der Waals surface area (Å²) in [6.45, 7) is 6.50. The van der Waals surface area contributed by atoms with E-state index in [0.29, 0.717) is 18.0 Å². The Morgan fingerprint density at radius 1 is 1.35 bits per heavy atom. The second-order valence-corrected chi connectivity index (χ2v) is 5.52. The Bertz CT molecular complexity index is 380. The van der Waals surface area contributed by atoms with Crippen LogP contribution in [-0.4, -0.2) is 23.5 Å². The molecule has 1 aromatic rings. The van der Waals surface area contributed by atoms with Crippen LogP contribution < -0.4 is 5.73 Å². The summed E-state index contributed by atoms with van der Waals surface area (Å²) < 4.78 is 0. The number of hydrogen-bond donors (Lipinski definition) is 1. The first-order valence-corrected chi connectivity index (χ1v) is 6.70. The minimum atomic E-state index is 0.340. The van der Waals surface area contributed by atoms with E-state index in [1.165, 1.54) is 5.56 Å². The van der Waals surface area contributed by atoms with Crippen LogP contribution in [0.1, 0.15) is 25.8 Å². The van der Waals surface area contributed by atoms with Crippen LogP contribution in [-0.2, 0) is 6.54 Å². The molecule has 0 aliphatic carbocycles. The number of nitrogens with zero attached hydrogens (tertiary/aromatic N) is 1. The fraction of sp³-hybridized carbons (Fsp3) is 0.571. The van der Waals surface area contributed by atoms with Crippen LogP contribution in [0.3, 0.4) is 0 Å². The Morgan fingerprint density at radius 2 is 2.06 bits per heavy atom. The van der Waals surface area contributed by atoms with Gasteiger partial charge in [0.2, 0.25) is 0 Å². The minimum absolute atomic E-state index is 0.340. The molecule has 94 valence electrons. The fourth-order valence-electron chi connectivity index (χ4n) is 2.54. The van der Waals surface area contributed by atoms with Crippen molar-refractivity contribution in [3.8, 4) is 0 Å². The van der Waals surface area contributed by atoms with Crippen LogP contribution in [0.15, 0.2) is 24.3 Å². The average molecular weight is 253 g/mol. The highest BCUT2D eigenvalue weighted by Gasteiger charge is 2.30. The third-order valence-corrected chi connectivity index (χ3v) is 4.46. The predicted molar refractivity (Wildman–Crippen MR) is 73.1 cm³/mol. The van der Waals surface area contributed by atoms with E-state index in [1.54, 1.807) is 0 Å². The Morgan fingerprint density at radius 3 is 2.76 bits per heavy atom. The van der Waals surface area contributed by atoms with Crippen molar-refractivity contribution in [2.45, 2.75) is 38.9 Å². The lowest BCUT2D eigenvalue weighted by Gasteiger charge is -2.41. The molecule has 17 heavy (non-hydrogen) atoms. The van der Waals surface area contributed by atoms with Crippen molar-refractivity contribution < 1.29 is 0 Å². The van der Waals surface area contributed by atoms with Crippen LogP contribution in [0.25, 0.3) is 0 Å². The van der Waals surface area contributed by atoms with Gasteiger partial charge in [-0.3, -0.25) is 4.90 Å². The van der Waals surface area contributed by atoms with E-state index in [2.05, 4.69) is 24.8 Å². The summed E-state index contributed by atoms with van der Waals surface area (Å²) in [6, 6.07) is 8.95. The normalized spacial score (nSPS) is 30.5. The quantitative estimate of drug-likeness (QED) is 0.877. The van der Waals surface area contributed by atoms with Crippen LogP contribution in [0.4, 0.5) is 0 Å². The maximum atomic E-state index is 6.20. The van der Waals surface area contributed by atoms with Crippen molar-refractivity contribution in [1.82, 2.24) is 4.90 Å². The molecule has 0 spiro atoms. The largest absolute Gasteiger partial charge is 0.327 e. The zero-order chi connectivity index (χ0) is 12.4. The molecule has 0 saturated carbocycles. The molecule has 3 atom stereocenters. The van der Waals surface area contributed by atoms with Gasteiger partial charge in [0.15, 0.2) is 0 Å². The van der Waals surface area contributed by atoms with Gasteiger partial charge in [-0.25, -0.2) is 0 Å². The van der Waals surface area contributed by atoms with Crippen LogP contribution >= 0.6 is 11.6 Å². The lowest BCUT2D eigenvalue weighted by Crippen LogP contribution is -2.51. The van der Waals surface area contributed by atoms with Crippen molar-refractivity contribution in [3.63, 3.8) is 0 Å². The summed E-state index contributed by atoms with van der Waals surface area (Å²) in [7, 11) is 0. The summed E-state index contributed by atoms with van der Waals surface area (Å²) in [5, 5.41) is 0.863. The van der Waals surface area contributed by atoms with Crippen molar-refractivity contribution in [3.05, 3.63) is 34.9 Å². The zero-order valence-electron chi connectivity index (χ0n) is 10.6. The molecule has 3 heteroatoms. The third-order valence-electron chi connectivity index (χ3n) is 4.09. The van der Waals surface area contributed by atoms with Gasteiger partial charge in [-0.1, -0.05) is 36.7 Å². The Balaban J connectivity index is 2.07. The molecular formula is C14H21ClN2. The Kier molecular flexibility index (Phi) is 4.08. The molecule has 2 nitrogen and oxygen atoms in total. The van der Waals surface area contributed by atoms with E-state index in [-0.39, 0.29) is 0 Å². The van der Waals surface area contributed by atoms with Crippen LogP contribution in [0.5, 0.6) is 0 Å². The standard InChI is InChI=1S/C14H21ClN2/c1-10-11(2)17(8-7-14(10)16)9-12-5-3-4-6-13(12)15/h3-6,10-11,14H,7-9,16H2,1-2H3. The number of hydrogen-bond acceptors (Lipinski definition) is 2. The highest BCUT2D eigenvalue weighted by atomic mass is 35.5. The van der Waals surface area contributed by atoms with Crippen molar-refractivity contribution >= 4 is 11.6 Å². The Labute approximate surface area is 109 Å². The monoisotopic (exact) mass is 252 g/mol. The molecule has 0 amide bonds. The van der Waals surface area contributed by atoms with Crippen molar-refractivity contribution in [2.75, 3.05) is 6.54 Å². The van der Waals surface area contributed by atoms with Crippen LogP contribution in [0.2, 0.25) is 5.02 Å². The summed E-state index contributed by atoms with van der Waals surface area (Å²) >= 11 is 6.20. The summed E-state index contributed by atoms with van der Waals surface area (Å²) in [5.74, 6) is 0.547. The molecule has 1 aliphatic heterocycles. The SMILES string of the molecule is CC1C(N)CCN(Cc2ccccc2Cl)C1C. The first kappa shape index (κ1) is 12.9. The van der Waals surface area contributed by atoms with Gasteiger partial charge in [-0.15, -0.1) is 0 Å². The molecule has 2 rings (SSSR count). The molecule has 0 bridgehead atoms. The molecular weight excluding hydrogens is 232 g/mol. The maximum absolute atomic E-state index is 6.20. The van der Waals surface area contributed by atoms with Crippen molar-refractivity contribution in [1.29, 1.82) is 0 Å². The van der Waals surface area contributed by atoms with Gasteiger partial charge in [-0.05, 0) is 30.9 Å². The molecule has 1 aromatic carbocycles. The summed E-state index contributed by atoms with van der Waals surface area (Å²) in [6.07, 6.45) is 1.08. The number of halogens is 1. The third kappa shape index (κ3) is 2.82. The molecule has 1 saturated heterocycles. The fourth-order valence-corrected chi connectivity index (χ4v) is 2.74. The van der Waals surface area contributed by atoms with E-state index in [0.717, 1.165) is 24.5 Å². The summed E-state index contributed by atoms with van der Waals surface area (Å²) in [5.41, 5.74) is 7.31.